The van der Waals surface area contributed by atoms with Crippen LogP contribution in [0, 0.1) is 0 Å². The molecule has 2 N–H and O–H groups in total. The molecule has 21 heavy (non-hydrogen) atoms. The first-order valence-electron chi connectivity index (χ1n) is 6.38. The molecule has 0 amide bonds. The number of hydrogen-bond donors (Lipinski definition) is 1. The van der Waals surface area contributed by atoms with E-state index in [2.05, 4.69) is 15.1 Å². The summed E-state index contributed by atoms with van der Waals surface area (Å²) in [7, 11) is 1.82. The highest BCUT2D eigenvalue weighted by Crippen LogP contribution is 2.20. The van der Waals surface area contributed by atoms with Crippen molar-refractivity contribution in [1.82, 2.24) is 19.7 Å². The molecule has 0 bridgehead atoms. The maximum atomic E-state index is 5.91. The van der Waals surface area contributed by atoms with Gasteiger partial charge in [-0.1, -0.05) is 0 Å². The molecule has 108 valence electrons. The van der Waals surface area contributed by atoms with Crippen molar-refractivity contribution in [2.45, 2.75) is 11.5 Å². The van der Waals surface area contributed by atoms with Crippen molar-refractivity contribution >= 4 is 28.6 Å². The van der Waals surface area contributed by atoms with Gasteiger partial charge in [0.2, 0.25) is 0 Å². The minimum atomic E-state index is 0.268. The normalized spacial score (nSPS) is 11.0. The number of thioether (sulfide) groups is 1. The lowest BCUT2D eigenvalue weighted by molar-refractivity contribution is 0.296. The van der Waals surface area contributed by atoms with Gasteiger partial charge in [-0.05, 0) is 30.5 Å². The van der Waals surface area contributed by atoms with Crippen LogP contribution in [-0.2, 0) is 13.7 Å². The van der Waals surface area contributed by atoms with E-state index in [1.165, 1.54) is 4.90 Å². The summed E-state index contributed by atoms with van der Waals surface area (Å²) in [6.45, 7) is 0.268. The van der Waals surface area contributed by atoms with Gasteiger partial charge in [-0.15, -0.1) is 11.8 Å². The van der Waals surface area contributed by atoms with Crippen LogP contribution in [0.2, 0.25) is 0 Å². The highest BCUT2D eigenvalue weighted by Gasteiger charge is 2.09. The third kappa shape index (κ3) is 2.78. The van der Waals surface area contributed by atoms with Crippen LogP contribution in [0.1, 0.15) is 5.82 Å². The quantitative estimate of drug-likeness (QED) is 0.745. The number of nitrogens with zero attached hydrogens (tertiary/aromatic N) is 4. The van der Waals surface area contributed by atoms with Gasteiger partial charge in [0.05, 0.1) is 11.6 Å². The van der Waals surface area contributed by atoms with Crippen molar-refractivity contribution in [2.24, 2.45) is 7.05 Å². The Balaban J connectivity index is 1.79. The summed E-state index contributed by atoms with van der Waals surface area (Å²) in [4.78, 5) is 9.87. The number of hydrogen-bond acceptors (Lipinski definition) is 6. The second-order valence-corrected chi connectivity index (χ2v) is 5.37. The van der Waals surface area contributed by atoms with Crippen LogP contribution < -0.4 is 10.5 Å². The minimum Gasteiger partial charge on any atom is -0.486 e. The number of anilines is 1. The van der Waals surface area contributed by atoms with Gasteiger partial charge < -0.3 is 10.5 Å². The first kappa shape index (κ1) is 13.7. The lowest BCUT2D eigenvalue weighted by atomic mass is 10.3. The van der Waals surface area contributed by atoms with Gasteiger partial charge in [0.15, 0.2) is 11.5 Å². The van der Waals surface area contributed by atoms with Crippen LogP contribution in [0.3, 0.4) is 0 Å². The fourth-order valence-corrected chi connectivity index (χ4v) is 2.38. The predicted octanol–water partition coefficient (Wildman–Crippen LogP) is 2.25. The summed E-state index contributed by atoms with van der Waals surface area (Å²) in [5.41, 5.74) is 6.62. The van der Waals surface area contributed by atoms with Crippen LogP contribution in [-0.4, -0.2) is 26.0 Å². The molecular formula is C14H15N5OS. The fraction of sp³-hybridized carbons (Fsp3) is 0.214. The summed E-state index contributed by atoms with van der Waals surface area (Å²) >= 11 is 1.69. The molecule has 0 atom stereocenters. The topological polar surface area (TPSA) is 78.9 Å². The molecule has 0 saturated carbocycles. The zero-order valence-corrected chi connectivity index (χ0v) is 12.6. The summed E-state index contributed by atoms with van der Waals surface area (Å²) in [5.74, 6) is 1.74. The zero-order valence-electron chi connectivity index (χ0n) is 11.8. The van der Waals surface area contributed by atoms with Crippen molar-refractivity contribution in [3.8, 4) is 5.75 Å². The second kappa shape index (κ2) is 5.61. The molecule has 3 rings (SSSR count). The summed E-state index contributed by atoms with van der Waals surface area (Å²) < 4.78 is 7.36. The number of benzene rings is 1. The van der Waals surface area contributed by atoms with Gasteiger partial charge in [0.25, 0.3) is 0 Å². The second-order valence-electron chi connectivity index (χ2n) is 4.49. The van der Waals surface area contributed by atoms with Gasteiger partial charge in [0.1, 0.15) is 18.2 Å². The molecule has 0 radical (unpaired) electrons. The number of aromatic nitrogens is 4. The van der Waals surface area contributed by atoms with Crippen LogP contribution in [0.15, 0.2) is 35.4 Å². The van der Waals surface area contributed by atoms with Gasteiger partial charge >= 0.3 is 0 Å². The highest BCUT2D eigenvalue weighted by molar-refractivity contribution is 7.98. The summed E-state index contributed by atoms with van der Waals surface area (Å²) in [6, 6.07) is 7.88. The molecule has 0 unspecified atom stereocenters. The Morgan fingerprint density at radius 3 is 2.71 bits per heavy atom. The third-order valence-corrected chi connectivity index (χ3v) is 3.84. The van der Waals surface area contributed by atoms with E-state index < -0.39 is 0 Å². The van der Waals surface area contributed by atoms with Gasteiger partial charge in [-0.25, -0.2) is 9.97 Å². The van der Waals surface area contributed by atoms with E-state index in [4.69, 9.17) is 10.5 Å². The largest absolute Gasteiger partial charge is 0.486 e. The first-order valence-corrected chi connectivity index (χ1v) is 7.61. The molecule has 0 aliphatic rings. The highest BCUT2D eigenvalue weighted by atomic mass is 32.2. The Labute approximate surface area is 126 Å². The van der Waals surface area contributed by atoms with E-state index in [-0.39, 0.29) is 6.61 Å². The summed E-state index contributed by atoms with van der Waals surface area (Å²) in [6.07, 6.45) is 3.70. The maximum absolute atomic E-state index is 5.91. The fourth-order valence-electron chi connectivity index (χ4n) is 1.98. The Kier molecular flexibility index (Phi) is 3.66. The lowest BCUT2D eigenvalue weighted by Crippen LogP contribution is -2.06. The van der Waals surface area contributed by atoms with Crippen LogP contribution >= 0.6 is 11.8 Å². The zero-order chi connectivity index (χ0) is 14.8. The number of aryl methyl sites for hydroxylation is 1. The predicted molar refractivity (Wildman–Crippen MR) is 83.3 cm³/mol. The molecule has 0 aliphatic heterocycles. The maximum Gasteiger partial charge on any atom is 0.170 e. The molecule has 0 aliphatic carbocycles. The Morgan fingerprint density at radius 1 is 1.24 bits per heavy atom. The lowest BCUT2D eigenvalue weighted by Gasteiger charge is -2.07. The third-order valence-electron chi connectivity index (χ3n) is 3.10. The number of fused-ring (bicyclic) bond motifs is 1. The van der Waals surface area contributed by atoms with E-state index in [0.29, 0.717) is 17.3 Å². The molecule has 0 spiro atoms. The molecule has 0 fully saturated rings. The van der Waals surface area contributed by atoms with E-state index in [0.717, 1.165) is 11.1 Å². The van der Waals surface area contributed by atoms with Gasteiger partial charge in [0, 0.05) is 11.9 Å². The Hall–Kier alpha value is -2.28. The van der Waals surface area contributed by atoms with E-state index >= 15 is 0 Å². The van der Waals surface area contributed by atoms with Crippen molar-refractivity contribution in [2.75, 3.05) is 12.0 Å². The molecule has 7 heteroatoms. The average molecular weight is 301 g/mol. The number of nitrogens with two attached hydrogens (primary N) is 1. The number of ether oxygens (including phenoxy) is 1. The van der Waals surface area contributed by atoms with E-state index in [1.54, 1.807) is 22.6 Å². The van der Waals surface area contributed by atoms with E-state index in [1.807, 2.05) is 37.6 Å². The molecular weight excluding hydrogens is 286 g/mol. The monoisotopic (exact) mass is 301 g/mol. The van der Waals surface area contributed by atoms with Crippen LogP contribution in [0.5, 0.6) is 5.75 Å². The number of nitrogen functional groups attached to an aromatic ring is 1. The Bertz CT molecular complexity index is 769. The molecule has 2 heterocycles. The van der Waals surface area contributed by atoms with Gasteiger partial charge in [-0.2, -0.15) is 5.10 Å². The number of rotatable bonds is 4. The van der Waals surface area contributed by atoms with Crippen molar-refractivity contribution in [3.05, 3.63) is 36.3 Å². The average Bonchev–Trinajstić information content (AvgIpc) is 2.88. The molecule has 2 aromatic heterocycles. The standard InChI is InChI=1S/C14H15N5OS/c1-19-14-11(7-16-19)13(15)17-12(18-14)8-20-9-3-5-10(21-2)6-4-9/h3-7H,8H2,1-2H3,(H2,15,17,18). The molecule has 0 saturated heterocycles. The minimum absolute atomic E-state index is 0.268. The molecule has 1 aromatic carbocycles. The van der Waals surface area contributed by atoms with E-state index in [9.17, 15) is 0 Å². The van der Waals surface area contributed by atoms with Crippen molar-refractivity contribution < 1.29 is 4.74 Å². The van der Waals surface area contributed by atoms with Crippen LogP contribution in [0.25, 0.3) is 11.0 Å². The van der Waals surface area contributed by atoms with Crippen molar-refractivity contribution in [1.29, 1.82) is 0 Å². The molecule has 6 nitrogen and oxygen atoms in total. The van der Waals surface area contributed by atoms with Gasteiger partial charge in [-0.3, -0.25) is 4.68 Å². The van der Waals surface area contributed by atoms with Crippen molar-refractivity contribution in [3.63, 3.8) is 0 Å². The first-order chi connectivity index (χ1) is 10.2. The SMILES string of the molecule is CSc1ccc(OCc2nc(N)c3cnn(C)c3n2)cc1. The Morgan fingerprint density at radius 2 is 2.00 bits per heavy atom. The smallest absolute Gasteiger partial charge is 0.170 e. The summed E-state index contributed by atoms with van der Waals surface area (Å²) in [5, 5.41) is 4.88. The molecule has 3 aromatic rings. The van der Waals surface area contributed by atoms with Crippen LogP contribution in [0.4, 0.5) is 5.82 Å².